The molecule has 0 radical (unpaired) electrons. The lowest BCUT2D eigenvalue weighted by Gasteiger charge is -2.26. The van der Waals surface area contributed by atoms with E-state index in [1.807, 2.05) is 6.07 Å². The third kappa shape index (κ3) is 4.90. The van der Waals surface area contributed by atoms with Gasteiger partial charge in [0.25, 0.3) is 11.8 Å². The van der Waals surface area contributed by atoms with E-state index in [0.29, 0.717) is 23.4 Å². The first kappa shape index (κ1) is 19.0. The number of carbonyl (C=O) groups excluding carboxylic acids is 2. The van der Waals surface area contributed by atoms with E-state index in [9.17, 15) is 9.59 Å². The molecule has 1 aliphatic rings. The molecule has 3 rings (SSSR count). The van der Waals surface area contributed by atoms with E-state index in [0.717, 1.165) is 38.4 Å². The number of nitrogens with one attached hydrogen (secondary N) is 2. The summed E-state index contributed by atoms with van der Waals surface area (Å²) in [5, 5.41) is 5.57. The number of ether oxygens (including phenoxy) is 1. The van der Waals surface area contributed by atoms with Crippen molar-refractivity contribution in [1.82, 2.24) is 20.5 Å². The highest BCUT2D eigenvalue weighted by Crippen LogP contribution is 2.22. The van der Waals surface area contributed by atoms with E-state index in [-0.39, 0.29) is 11.8 Å². The number of rotatable bonds is 6. The van der Waals surface area contributed by atoms with Crippen molar-refractivity contribution in [3.05, 3.63) is 53.7 Å². The molecule has 0 spiro atoms. The van der Waals surface area contributed by atoms with Crippen LogP contribution < -0.4 is 10.6 Å². The predicted molar refractivity (Wildman–Crippen MR) is 103 cm³/mol. The van der Waals surface area contributed by atoms with Gasteiger partial charge in [-0.05, 0) is 24.3 Å². The van der Waals surface area contributed by atoms with Gasteiger partial charge in [0.2, 0.25) is 0 Å². The minimum Gasteiger partial charge on any atom is -0.379 e. The van der Waals surface area contributed by atoms with E-state index >= 15 is 0 Å². The summed E-state index contributed by atoms with van der Waals surface area (Å²) in [7, 11) is 1.58. The number of benzene rings is 1. The monoisotopic (exact) mass is 368 g/mol. The molecule has 27 heavy (non-hydrogen) atoms. The Morgan fingerprint density at radius 3 is 2.74 bits per heavy atom. The highest BCUT2D eigenvalue weighted by Gasteiger charge is 2.15. The average Bonchev–Trinajstić information content (AvgIpc) is 2.74. The molecule has 0 saturated carbocycles. The molecular weight excluding hydrogens is 344 g/mol. The summed E-state index contributed by atoms with van der Waals surface area (Å²) in [6.07, 6.45) is 1.64. The maximum absolute atomic E-state index is 12.5. The maximum atomic E-state index is 12.5. The number of pyridine rings is 1. The van der Waals surface area contributed by atoms with Crippen molar-refractivity contribution in [2.24, 2.45) is 0 Å². The van der Waals surface area contributed by atoms with Gasteiger partial charge in [0.1, 0.15) is 0 Å². The van der Waals surface area contributed by atoms with Gasteiger partial charge in [0.05, 0.1) is 24.5 Å². The second-order valence-electron chi connectivity index (χ2n) is 6.27. The van der Waals surface area contributed by atoms with Crippen molar-refractivity contribution in [1.29, 1.82) is 0 Å². The Kier molecular flexibility index (Phi) is 6.51. The molecule has 0 aliphatic carbocycles. The van der Waals surface area contributed by atoms with Crippen LogP contribution in [0.2, 0.25) is 0 Å². The van der Waals surface area contributed by atoms with Crippen LogP contribution in [-0.2, 0) is 4.74 Å². The lowest BCUT2D eigenvalue weighted by Crippen LogP contribution is -2.41. The van der Waals surface area contributed by atoms with E-state index in [2.05, 4.69) is 20.5 Å². The van der Waals surface area contributed by atoms with Crippen LogP contribution in [-0.4, -0.2) is 68.1 Å². The Hall–Kier alpha value is -2.77. The minimum absolute atomic E-state index is 0.137. The van der Waals surface area contributed by atoms with Gasteiger partial charge in [-0.25, -0.2) is 0 Å². The molecule has 0 unspecified atom stereocenters. The summed E-state index contributed by atoms with van der Waals surface area (Å²) < 4.78 is 5.32. The Balaban J connectivity index is 1.68. The molecule has 2 aromatic rings. The summed E-state index contributed by atoms with van der Waals surface area (Å²) in [4.78, 5) is 31.2. The van der Waals surface area contributed by atoms with Crippen molar-refractivity contribution < 1.29 is 14.3 Å². The molecule has 0 atom stereocenters. The van der Waals surface area contributed by atoms with E-state index in [1.165, 1.54) is 0 Å². The SMILES string of the molecule is CNC(=O)c1cccnc1-c1cccc(C(=O)NCCN2CCOCC2)c1. The van der Waals surface area contributed by atoms with Crippen LogP contribution in [0.5, 0.6) is 0 Å². The number of carbonyl (C=O) groups is 2. The first-order valence-electron chi connectivity index (χ1n) is 9.05. The van der Waals surface area contributed by atoms with Gasteiger partial charge in [0, 0.05) is 50.6 Å². The summed E-state index contributed by atoms with van der Waals surface area (Å²) in [6.45, 7) is 4.66. The molecule has 1 saturated heterocycles. The van der Waals surface area contributed by atoms with Crippen LogP contribution in [0.25, 0.3) is 11.3 Å². The number of morpholine rings is 1. The van der Waals surface area contributed by atoms with Crippen molar-refractivity contribution in [2.45, 2.75) is 0 Å². The van der Waals surface area contributed by atoms with Crippen molar-refractivity contribution in [3.63, 3.8) is 0 Å². The third-order valence-electron chi connectivity index (χ3n) is 4.49. The molecule has 2 amide bonds. The Morgan fingerprint density at radius 1 is 1.15 bits per heavy atom. The Labute approximate surface area is 158 Å². The van der Waals surface area contributed by atoms with Crippen LogP contribution in [0.15, 0.2) is 42.6 Å². The second-order valence-corrected chi connectivity index (χ2v) is 6.27. The highest BCUT2D eigenvalue weighted by atomic mass is 16.5. The molecular formula is C20H24N4O3. The number of aromatic nitrogens is 1. The summed E-state index contributed by atoms with van der Waals surface area (Å²) >= 11 is 0. The molecule has 1 fully saturated rings. The number of hydrogen-bond acceptors (Lipinski definition) is 5. The molecule has 142 valence electrons. The number of hydrogen-bond donors (Lipinski definition) is 2. The van der Waals surface area contributed by atoms with E-state index < -0.39 is 0 Å². The lowest BCUT2D eigenvalue weighted by atomic mass is 10.0. The van der Waals surface area contributed by atoms with Gasteiger partial charge in [-0.2, -0.15) is 0 Å². The first-order valence-corrected chi connectivity index (χ1v) is 9.05. The van der Waals surface area contributed by atoms with Crippen LogP contribution in [0.1, 0.15) is 20.7 Å². The third-order valence-corrected chi connectivity index (χ3v) is 4.49. The zero-order valence-electron chi connectivity index (χ0n) is 15.4. The highest BCUT2D eigenvalue weighted by molar-refractivity contribution is 6.01. The molecule has 1 aromatic carbocycles. The van der Waals surface area contributed by atoms with Crippen LogP contribution >= 0.6 is 0 Å². The second kappa shape index (κ2) is 9.25. The fourth-order valence-corrected chi connectivity index (χ4v) is 3.02. The maximum Gasteiger partial charge on any atom is 0.253 e. The van der Waals surface area contributed by atoms with Crippen molar-refractivity contribution in [3.8, 4) is 11.3 Å². The van der Waals surface area contributed by atoms with Crippen LogP contribution in [0, 0.1) is 0 Å². The molecule has 2 N–H and O–H groups in total. The standard InChI is InChI=1S/C20H24N4O3/c1-21-20(26)17-6-3-7-22-18(17)15-4-2-5-16(14-15)19(25)23-8-9-24-10-12-27-13-11-24/h2-7,14H,8-13H2,1H3,(H,21,26)(H,23,25). The molecule has 1 aromatic heterocycles. The van der Waals surface area contributed by atoms with Crippen molar-refractivity contribution >= 4 is 11.8 Å². The van der Waals surface area contributed by atoms with Gasteiger partial charge in [0.15, 0.2) is 0 Å². The largest absolute Gasteiger partial charge is 0.379 e. The van der Waals surface area contributed by atoms with Crippen LogP contribution in [0.3, 0.4) is 0 Å². The zero-order valence-corrected chi connectivity index (χ0v) is 15.4. The average molecular weight is 368 g/mol. The molecule has 7 nitrogen and oxygen atoms in total. The zero-order chi connectivity index (χ0) is 19.1. The topological polar surface area (TPSA) is 83.6 Å². The fraction of sp³-hybridized carbons (Fsp3) is 0.350. The summed E-state index contributed by atoms with van der Waals surface area (Å²) in [5.41, 5.74) is 2.31. The van der Waals surface area contributed by atoms with Crippen molar-refractivity contribution in [2.75, 3.05) is 46.4 Å². The van der Waals surface area contributed by atoms with E-state index in [4.69, 9.17) is 4.74 Å². The van der Waals surface area contributed by atoms with E-state index in [1.54, 1.807) is 43.6 Å². The normalized spacial score (nSPS) is 14.6. The van der Waals surface area contributed by atoms with Gasteiger partial charge in [-0.1, -0.05) is 12.1 Å². The summed E-state index contributed by atoms with van der Waals surface area (Å²) in [6, 6.07) is 10.6. The minimum atomic E-state index is -0.210. The molecule has 1 aliphatic heterocycles. The Bertz CT molecular complexity index is 803. The summed E-state index contributed by atoms with van der Waals surface area (Å²) in [5.74, 6) is -0.346. The smallest absolute Gasteiger partial charge is 0.253 e. The molecule has 0 bridgehead atoms. The Morgan fingerprint density at radius 2 is 1.96 bits per heavy atom. The van der Waals surface area contributed by atoms with Crippen LogP contribution in [0.4, 0.5) is 0 Å². The van der Waals surface area contributed by atoms with Gasteiger partial charge in [-0.15, -0.1) is 0 Å². The molecule has 7 heteroatoms. The number of nitrogens with zero attached hydrogens (tertiary/aromatic N) is 2. The van der Waals surface area contributed by atoms with Gasteiger partial charge < -0.3 is 15.4 Å². The number of amides is 2. The van der Waals surface area contributed by atoms with Gasteiger partial charge in [-0.3, -0.25) is 19.5 Å². The predicted octanol–water partition coefficient (Wildman–Crippen LogP) is 1.17. The first-order chi connectivity index (χ1) is 13.2. The lowest BCUT2D eigenvalue weighted by molar-refractivity contribution is 0.0383. The van der Waals surface area contributed by atoms with Gasteiger partial charge >= 0.3 is 0 Å². The quantitative estimate of drug-likeness (QED) is 0.800. The molecule has 2 heterocycles. The fourth-order valence-electron chi connectivity index (χ4n) is 3.02.